The lowest BCUT2D eigenvalue weighted by Gasteiger charge is -2.26. The molecule has 0 bridgehead atoms. The van der Waals surface area contributed by atoms with Crippen molar-refractivity contribution < 1.29 is 9.59 Å². The largest absolute Gasteiger partial charge is 0.310 e. The maximum Gasteiger partial charge on any atom is 0.247 e. The zero-order chi connectivity index (χ0) is 17.3. The summed E-state index contributed by atoms with van der Waals surface area (Å²) in [5.41, 5.74) is 5.02. The van der Waals surface area contributed by atoms with Crippen LogP contribution in [0.5, 0.6) is 0 Å². The third-order valence-electron chi connectivity index (χ3n) is 4.52. The van der Waals surface area contributed by atoms with Gasteiger partial charge < -0.3 is 9.80 Å². The van der Waals surface area contributed by atoms with Crippen molar-refractivity contribution in [2.24, 2.45) is 0 Å². The van der Waals surface area contributed by atoms with E-state index >= 15 is 0 Å². The molecule has 2 amide bonds. The van der Waals surface area contributed by atoms with E-state index in [9.17, 15) is 9.59 Å². The molecule has 3 rings (SSSR count). The molecule has 0 radical (unpaired) electrons. The van der Waals surface area contributed by atoms with Gasteiger partial charge in [-0.3, -0.25) is 9.59 Å². The Morgan fingerprint density at radius 3 is 2.62 bits per heavy atom. The highest BCUT2D eigenvalue weighted by Crippen LogP contribution is 2.28. The molecular weight excluding hydrogens is 300 g/mol. The summed E-state index contributed by atoms with van der Waals surface area (Å²) in [7, 11) is 0. The van der Waals surface area contributed by atoms with Gasteiger partial charge >= 0.3 is 0 Å². The van der Waals surface area contributed by atoms with E-state index in [1.807, 2.05) is 50.2 Å². The van der Waals surface area contributed by atoms with Crippen molar-refractivity contribution in [1.82, 2.24) is 0 Å². The number of fused-ring (bicyclic) bond motifs is 1. The van der Waals surface area contributed by atoms with Crippen LogP contribution in [0.25, 0.3) is 0 Å². The predicted molar refractivity (Wildman–Crippen MR) is 96.4 cm³/mol. The van der Waals surface area contributed by atoms with Crippen LogP contribution >= 0.6 is 0 Å². The molecule has 0 spiro atoms. The molecule has 2 aromatic rings. The molecule has 0 saturated carbocycles. The minimum absolute atomic E-state index is 0.0453. The second-order valence-corrected chi connectivity index (χ2v) is 6.32. The Morgan fingerprint density at radius 2 is 1.88 bits per heavy atom. The van der Waals surface area contributed by atoms with Gasteiger partial charge in [-0.15, -0.1) is 0 Å². The van der Waals surface area contributed by atoms with Crippen LogP contribution in [-0.2, 0) is 16.0 Å². The highest BCUT2D eigenvalue weighted by Gasteiger charge is 2.27. The second-order valence-electron chi connectivity index (χ2n) is 6.32. The molecule has 0 aliphatic carbocycles. The highest BCUT2D eigenvalue weighted by atomic mass is 16.2. The van der Waals surface area contributed by atoms with Crippen molar-refractivity contribution in [1.29, 1.82) is 0 Å². The van der Waals surface area contributed by atoms with Crippen LogP contribution in [0.2, 0.25) is 0 Å². The van der Waals surface area contributed by atoms with E-state index in [1.54, 1.807) is 9.80 Å². The van der Waals surface area contributed by atoms with Crippen molar-refractivity contribution >= 4 is 23.2 Å². The zero-order valence-corrected chi connectivity index (χ0v) is 14.4. The quantitative estimate of drug-likeness (QED) is 0.870. The summed E-state index contributed by atoms with van der Waals surface area (Å²) in [6, 6.07) is 13.9. The molecule has 4 heteroatoms. The van der Waals surface area contributed by atoms with Crippen molar-refractivity contribution in [2.45, 2.75) is 27.2 Å². The molecular formula is C20H22N2O2. The average molecular weight is 322 g/mol. The number of nitrogens with zero attached hydrogens (tertiary/aromatic N) is 2. The van der Waals surface area contributed by atoms with Crippen molar-refractivity contribution in [3.63, 3.8) is 0 Å². The standard InChI is InChI=1S/C20H22N2O2/c1-14-8-9-15(2)19(12-14)22(16(3)23)13-20(24)21-11-10-17-6-4-5-7-18(17)21/h4-9,12H,10-11,13H2,1-3H3. The number of para-hydroxylation sites is 1. The minimum Gasteiger partial charge on any atom is -0.310 e. The van der Waals surface area contributed by atoms with Crippen LogP contribution in [0.1, 0.15) is 23.6 Å². The molecule has 1 aliphatic heterocycles. The number of aryl methyl sites for hydroxylation is 2. The molecule has 0 aromatic heterocycles. The molecule has 0 N–H and O–H groups in total. The Labute approximate surface area is 142 Å². The van der Waals surface area contributed by atoms with Crippen molar-refractivity contribution in [2.75, 3.05) is 22.9 Å². The number of anilines is 2. The summed E-state index contributed by atoms with van der Waals surface area (Å²) in [4.78, 5) is 28.3. The average Bonchev–Trinajstić information content (AvgIpc) is 2.99. The second kappa shape index (κ2) is 6.48. The molecule has 1 aliphatic rings. The van der Waals surface area contributed by atoms with Crippen LogP contribution < -0.4 is 9.80 Å². The predicted octanol–water partition coefficient (Wildman–Crippen LogP) is 3.25. The number of rotatable bonds is 3. The van der Waals surface area contributed by atoms with Crippen LogP contribution in [0.3, 0.4) is 0 Å². The van der Waals surface area contributed by atoms with Gasteiger partial charge in [-0.05, 0) is 49.1 Å². The first-order valence-electron chi connectivity index (χ1n) is 8.21. The van der Waals surface area contributed by atoms with Crippen LogP contribution in [0.4, 0.5) is 11.4 Å². The first-order valence-corrected chi connectivity index (χ1v) is 8.21. The Hall–Kier alpha value is -2.62. The number of carbonyl (C=O) groups excluding carboxylic acids is 2. The number of benzene rings is 2. The van der Waals surface area contributed by atoms with Gasteiger partial charge in [0.05, 0.1) is 0 Å². The fourth-order valence-electron chi connectivity index (χ4n) is 3.19. The molecule has 1 heterocycles. The summed E-state index contributed by atoms with van der Waals surface area (Å²) < 4.78 is 0. The Morgan fingerprint density at radius 1 is 1.12 bits per heavy atom. The smallest absolute Gasteiger partial charge is 0.247 e. The van der Waals surface area contributed by atoms with Gasteiger partial charge in [0.1, 0.15) is 6.54 Å². The van der Waals surface area contributed by atoms with Gasteiger partial charge in [0, 0.05) is 24.8 Å². The van der Waals surface area contributed by atoms with E-state index in [1.165, 1.54) is 12.5 Å². The summed E-state index contributed by atoms with van der Waals surface area (Å²) in [5, 5.41) is 0. The molecule has 0 unspecified atom stereocenters. The maximum atomic E-state index is 12.8. The van der Waals surface area contributed by atoms with Crippen LogP contribution in [-0.4, -0.2) is 24.9 Å². The lowest BCUT2D eigenvalue weighted by atomic mass is 10.1. The summed E-state index contributed by atoms with van der Waals surface area (Å²) in [6.07, 6.45) is 0.867. The molecule has 4 nitrogen and oxygen atoms in total. The van der Waals surface area contributed by atoms with Gasteiger partial charge in [0.2, 0.25) is 11.8 Å². The van der Waals surface area contributed by atoms with E-state index in [0.29, 0.717) is 6.54 Å². The zero-order valence-electron chi connectivity index (χ0n) is 14.4. The van der Waals surface area contributed by atoms with Crippen molar-refractivity contribution in [3.05, 3.63) is 59.2 Å². The molecule has 0 atom stereocenters. The number of amides is 2. The maximum absolute atomic E-state index is 12.8. The Bertz CT molecular complexity index is 798. The summed E-state index contributed by atoms with van der Waals surface area (Å²) in [6.45, 7) is 6.19. The van der Waals surface area contributed by atoms with Gasteiger partial charge in [0.15, 0.2) is 0 Å². The third kappa shape index (κ3) is 3.04. The number of carbonyl (C=O) groups is 2. The minimum atomic E-state index is -0.121. The molecule has 24 heavy (non-hydrogen) atoms. The lowest BCUT2D eigenvalue weighted by Crippen LogP contribution is -2.42. The monoisotopic (exact) mass is 322 g/mol. The summed E-state index contributed by atoms with van der Waals surface area (Å²) in [5.74, 6) is -0.166. The van der Waals surface area contributed by atoms with E-state index in [4.69, 9.17) is 0 Å². The van der Waals surface area contributed by atoms with E-state index in [2.05, 4.69) is 6.07 Å². The molecule has 0 saturated heterocycles. The topological polar surface area (TPSA) is 40.6 Å². The molecule has 0 fully saturated rings. The Balaban J connectivity index is 1.86. The van der Waals surface area contributed by atoms with Crippen LogP contribution in [0, 0.1) is 13.8 Å². The molecule has 2 aromatic carbocycles. The number of hydrogen-bond acceptors (Lipinski definition) is 2. The fourth-order valence-corrected chi connectivity index (χ4v) is 3.19. The molecule has 124 valence electrons. The highest BCUT2D eigenvalue weighted by molar-refractivity contribution is 6.04. The fraction of sp³-hybridized carbons (Fsp3) is 0.300. The van der Waals surface area contributed by atoms with Gasteiger partial charge in [0.25, 0.3) is 0 Å². The number of hydrogen-bond donors (Lipinski definition) is 0. The first kappa shape index (κ1) is 16.2. The van der Waals surface area contributed by atoms with E-state index < -0.39 is 0 Å². The van der Waals surface area contributed by atoms with Gasteiger partial charge in [-0.1, -0.05) is 30.3 Å². The normalized spacial score (nSPS) is 12.9. The Kier molecular flexibility index (Phi) is 4.38. The summed E-state index contributed by atoms with van der Waals surface area (Å²) >= 11 is 0. The third-order valence-corrected chi connectivity index (χ3v) is 4.52. The van der Waals surface area contributed by atoms with Gasteiger partial charge in [-0.2, -0.15) is 0 Å². The van der Waals surface area contributed by atoms with Gasteiger partial charge in [-0.25, -0.2) is 0 Å². The van der Waals surface area contributed by atoms with Crippen molar-refractivity contribution in [3.8, 4) is 0 Å². The van der Waals surface area contributed by atoms with E-state index in [0.717, 1.165) is 28.9 Å². The lowest BCUT2D eigenvalue weighted by molar-refractivity contribution is -0.121. The van der Waals surface area contributed by atoms with E-state index in [-0.39, 0.29) is 18.4 Å². The SMILES string of the molecule is CC(=O)N(CC(=O)N1CCc2ccccc21)c1cc(C)ccc1C. The van der Waals surface area contributed by atoms with Crippen LogP contribution in [0.15, 0.2) is 42.5 Å². The first-order chi connectivity index (χ1) is 11.5.